The van der Waals surface area contributed by atoms with Gasteiger partial charge in [-0.05, 0) is 42.6 Å². The number of hydrogen-bond donors (Lipinski definition) is 1. The zero-order valence-electron chi connectivity index (χ0n) is 8.94. The minimum atomic E-state index is -4.48. The quantitative estimate of drug-likeness (QED) is 0.750. The van der Waals surface area contributed by atoms with Crippen molar-refractivity contribution in [3.05, 3.63) is 35.1 Å². The van der Waals surface area contributed by atoms with Crippen LogP contribution in [0.15, 0.2) is 18.2 Å². The van der Waals surface area contributed by atoms with Crippen molar-refractivity contribution in [2.24, 2.45) is 5.92 Å². The van der Waals surface area contributed by atoms with E-state index in [0.29, 0.717) is 24.1 Å². The summed E-state index contributed by atoms with van der Waals surface area (Å²) in [4.78, 5) is 0. The Kier molecular flexibility index (Phi) is 2.09. The van der Waals surface area contributed by atoms with Gasteiger partial charge < -0.3 is 5.32 Å². The molecular formula is C12H11F4N. The lowest BCUT2D eigenvalue weighted by atomic mass is 9.93. The first-order chi connectivity index (χ1) is 7.92. The summed E-state index contributed by atoms with van der Waals surface area (Å²) >= 11 is 0. The predicted molar refractivity (Wildman–Crippen MR) is 54.1 cm³/mol. The van der Waals surface area contributed by atoms with Gasteiger partial charge in [0.15, 0.2) is 0 Å². The van der Waals surface area contributed by atoms with E-state index in [1.54, 1.807) is 0 Å². The van der Waals surface area contributed by atoms with E-state index in [9.17, 15) is 17.6 Å². The van der Waals surface area contributed by atoms with E-state index < -0.39 is 17.6 Å². The molecule has 1 heterocycles. The second kappa shape index (κ2) is 3.22. The highest BCUT2D eigenvalue weighted by Gasteiger charge is 2.58. The standard InChI is InChI=1S/C12H11F4N/c13-10-2-7(1-8(3-10)12(14,15)16)11-4-9(11)5-17-6-11/h1-3,9,17H,4-6H2. The first-order valence-electron chi connectivity index (χ1n) is 5.51. The van der Waals surface area contributed by atoms with Gasteiger partial charge in [0, 0.05) is 12.0 Å². The van der Waals surface area contributed by atoms with E-state index in [2.05, 4.69) is 5.32 Å². The van der Waals surface area contributed by atoms with Crippen LogP contribution in [0.3, 0.4) is 0 Å². The second-order valence-electron chi connectivity index (χ2n) is 4.91. The summed E-state index contributed by atoms with van der Waals surface area (Å²) < 4.78 is 51.1. The van der Waals surface area contributed by atoms with Crippen LogP contribution in [-0.4, -0.2) is 13.1 Å². The molecule has 0 spiro atoms. The molecule has 0 bridgehead atoms. The number of rotatable bonds is 1. The molecule has 1 N–H and O–H groups in total. The first kappa shape index (κ1) is 11.0. The van der Waals surface area contributed by atoms with Crippen LogP contribution in [0, 0.1) is 11.7 Å². The third-order valence-electron chi connectivity index (χ3n) is 3.86. The normalized spacial score (nSPS) is 31.4. The highest BCUT2D eigenvalue weighted by atomic mass is 19.4. The third-order valence-corrected chi connectivity index (χ3v) is 3.86. The summed E-state index contributed by atoms with van der Waals surface area (Å²) in [6.45, 7) is 1.47. The lowest BCUT2D eigenvalue weighted by Gasteiger charge is -2.15. The van der Waals surface area contributed by atoms with Crippen molar-refractivity contribution in [2.45, 2.75) is 18.0 Å². The summed E-state index contributed by atoms with van der Waals surface area (Å²) in [5, 5.41) is 3.14. The molecule has 5 heteroatoms. The molecule has 1 aromatic carbocycles. The molecule has 1 aliphatic heterocycles. The zero-order valence-corrected chi connectivity index (χ0v) is 8.94. The Balaban J connectivity index is 2.04. The van der Waals surface area contributed by atoms with Gasteiger partial charge in [-0.1, -0.05) is 0 Å². The van der Waals surface area contributed by atoms with Crippen molar-refractivity contribution < 1.29 is 17.6 Å². The van der Waals surface area contributed by atoms with Crippen LogP contribution in [0.1, 0.15) is 17.5 Å². The molecule has 2 atom stereocenters. The van der Waals surface area contributed by atoms with Crippen molar-refractivity contribution in [2.75, 3.05) is 13.1 Å². The van der Waals surface area contributed by atoms with Crippen LogP contribution in [0.25, 0.3) is 0 Å². The summed E-state index contributed by atoms with van der Waals surface area (Å²) in [6, 6.07) is 2.89. The van der Waals surface area contributed by atoms with Crippen molar-refractivity contribution in [3.8, 4) is 0 Å². The van der Waals surface area contributed by atoms with Gasteiger partial charge in [0.2, 0.25) is 0 Å². The Morgan fingerprint density at radius 1 is 1.24 bits per heavy atom. The van der Waals surface area contributed by atoms with E-state index in [1.807, 2.05) is 0 Å². The maximum Gasteiger partial charge on any atom is 0.416 e. The number of benzene rings is 1. The van der Waals surface area contributed by atoms with Crippen LogP contribution in [0.5, 0.6) is 0 Å². The predicted octanol–water partition coefficient (Wildman–Crippen LogP) is 2.71. The molecule has 1 aliphatic carbocycles. The molecular weight excluding hydrogens is 234 g/mol. The number of piperidine rings is 1. The molecule has 17 heavy (non-hydrogen) atoms. The van der Waals surface area contributed by atoms with Gasteiger partial charge in [-0.3, -0.25) is 0 Å². The third kappa shape index (κ3) is 1.64. The first-order valence-corrected chi connectivity index (χ1v) is 5.51. The van der Waals surface area contributed by atoms with Gasteiger partial charge in [-0.15, -0.1) is 0 Å². The van der Waals surface area contributed by atoms with Gasteiger partial charge >= 0.3 is 6.18 Å². The Morgan fingerprint density at radius 2 is 2.00 bits per heavy atom. The smallest absolute Gasteiger partial charge is 0.316 e. The molecule has 1 aromatic rings. The van der Waals surface area contributed by atoms with Crippen LogP contribution in [0.4, 0.5) is 17.6 Å². The fourth-order valence-corrected chi connectivity index (χ4v) is 2.83. The van der Waals surface area contributed by atoms with Gasteiger partial charge in [-0.2, -0.15) is 13.2 Å². The van der Waals surface area contributed by atoms with E-state index in [-0.39, 0.29) is 5.41 Å². The molecule has 3 rings (SSSR count). The van der Waals surface area contributed by atoms with E-state index in [0.717, 1.165) is 19.0 Å². The molecule has 2 unspecified atom stereocenters. The largest absolute Gasteiger partial charge is 0.416 e. The molecule has 0 amide bonds. The molecule has 1 nitrogen and oxygen atoms in total. The molecule has 2 fully saturated rings. The molecule has 1 saturated carbocycles. The highest BCUT2D eigenvalue weighted by Crippen LogP contribution is 2.56. The molecule has 92 valence electrons. The maximum atomic E-state index is 13.3. The van der Waals surface area contributed by atoms with Crippen molar-refractivity contribution in [3.63, 3.8) is 0 Å². The van der Waals surface area contributed by atoms with Crippen LogP contribution >= 0.6 is 0 Å². The van der Waals surface area contributed by atoms with Crippen LogP contribution in [0.2, 0.25) is 0 Å². The summed E-state index contributed by atoms with van der Waals surface area (Å²) in [5.74, 6) is -0.438. The number of alkyl halides is 3. The van der Waals surface area contributed by atoms with Crippen molar-refractivity contribution in [1.29, 1.82) is 0 Å². The lowest BCUT2D eigenvalue weighted by molar-refractivity contribution is -0.137. The van der Waals surface area contributed by atoms with Gasteiger partial charge in [0.1, 0.15) is 5.82 Å². The molecule has 1 saturated heterocycles. The topological polar surface area (TPSA) is 12.0 Å². The summed E-state index contributed by atoms with van der Waals surface area (Å²) in [7, 11) is 0. The van der Waals surface area contributed by atoms with E-state index in [4.69, 9.17) is 0 Å². The Morgan fingerprint density at radius 3 is 2.53 bits per heavy atom. The molecule has 0 aromatic heterocycles. The monoisotopic (exact) mass is 245 g/mol. The van der Waals surface area contributed by atoms with Crippen LogP contribution in [-0.2, 0) is 11.6 Å². The van der Waals surface area contributed by atoms with Gasteiger partial charge in [0.25, 0.3) is 0 Å². The van der Waals surface area contributed by atoms with Crippen LogP contribution < -0.4 is 5.32 Å². The Hall–Kier alpha value is -1.10. The summed E-state index contributed by atoms with van der Waals surface area (Å²) in [5.41, 5.74) is -0.651. The SMILES string of the molecule is Fc1cc(C(F)(F)F)cc(C23CNCC2C3)c1. The minimum absolute atomic E-state index is 0.248. The average Bonchev–Trinajstić information content (AvgIpc) is 2.80. The van der Waals surface area contributed by atoms with Crippen molar-refractivity contribution >= 4 is 0 Å². The zero-order chi connectivity index (χ0) is 12.3. The number of nitrogens with one attached hydrogen (secondary N) is 1. The fourth-order valence-electron chi connectivity index (χ4n) is 2.83. The number of halogens is 4. The number of fused-ring (bicyclic) bond motifs is 1. The van der Waals surface area contributed by atoms with E-state index in [1.165, 1.54) is 6.07 Å². The maximum absolute atomic E-state index is 13.3. The molecule has 2 aliphatic rings. The summed E-state index contributed by atoms with van der Waals surface area (Å²) in [6.07, 6.45) is -3.62. The molecule has 0 radical (unpaired) electrons. The Labute approximate surface area is 95.8 Å². The lowest BCUT2D eigenvalue weighted by Crippen LogP contribution is -2.20. The number of hydrogen-bond acceptors (Lipinski definition) is 1. The fraction of sp³-hybridized carbons (Fsp3) is 0.500. The second-order valence-corrected chi connectivity index (χ2v) is 4.91. The average molecular weight is 245 g/mol. The van der Waals surface area contributed by atoms with Gasteiger partial charge in [-0.25, -0.2) is 4.39 Å². The van der Waals surface area contributed by atoms with E-state index >= 15 is 0 Å². The minimum Gasteiger partial charge on any atom is -0.316 e. The van der Waals surface area contributed by atoms with Crippen molar-refractivity contribution in [1.82, 2.24) is 5.32 Å². The van der Waals surface area contributed by atoms with Gasteiger partial charge in [0.05, 0.1) is 5.56 Å². The Bertz CT molecular complexity index is 468. The highest BCUT2D eigenvalue weighted by molar-refractivity contribution is 5.40.